The van der Waals surface area contributed by atoms with Gasteiger partial charge in [0.2, 0.25) is 0 Å². The minimum atomic E-state index is 1.07. The van der Waals surface area contributed by atoms with E-state index in [4.69, 9.17) is 0 Å². The second-order valence-electron chi connectivity index (χ2n) is 3.41. The summed E-state index contributed by atoms with van der Waals surface area (Å²) in [5.41, 5.74) is 4.74. The molecular weight excluding hydrogens is 168 g/mol. The molecule has 0 aliphatic rings. The molecule has 72 valence electrons. The Labute approximate surface area is 86.3 Å². The van der Waals surface area contributed by atoms with Crippen molar-refractivity contribution in [3.63, 3.8) is 0 Å². The summed E-state index contributed by atoms with van der Waals surface area (Å²) in [6, 6.07) is 8.31. The summed E-state index contributed by atoms with van der Waals surface area (Å²) in [5, 5.41) is 0. The Hall–Kier alpha value is -1.56. The van der Waals surface area contributed by atoms with Gasteiger partial charge in [-0.15, -0.1) is 0 Å². The standard InChI is InChI=1S/C14H16/c1-5-8-13(11(2)3)14-10-7-6-9-12(14)4/h5-10H,1-2H2,3-4H3/b13-8+. The van der Waals surface area contributed by atoms with Gasteiger partial charge in [-0.2, -0.15) is 0 Å². The lowest BCUT2D eigenvalue weighted by Gasteiger charge is -2.09. The van der Waals surface area contributed by atoms with Crippen LogP contribution in [0.4, 0.5) is 0 Å². The van der Waals surface area contributed by atoms with Gasteiger partial charge in [0.05, 0.1) is 0 Å². The van der Waals surface area contributed by atoms with Gasteiger partial charge in [0.1, 0.15) is 0 Å². The first-order chi connectivity index (χ1) is 6.66. The SMILES string of the molecule is C=C/C=C(\C(=C)C)c1ccccc1C. The van der Waals surface area contributed by atoms with Crippen LogP contribution in [-0.2, 0) is 0 Å². The Morgan fingerprint density at radius 3 is 2.43 bits per heavy atom. The lowest BCUT2D eigenvalue weighted by molar-refractivity contribution is 1.40. The van der Waals surface area contributed by atoms with E-state index in [1.165, 1.54) is 11.1 Å². The lowest BCUT2D eigenvalue weighted by Crippen LogP contribution is -1.88. The zero-order valence-electron chi connectivity index (χ0n) is 8.88. The summed E-state index contributed by atoms with van der Waals surface area (Å²) in [5.74, 6) is 0. The summed E-state index contributed by atoms with van der Waals surface area (Å²) in [6.45, 7) is 11.8. The minimum Gasteiger partial charge on any atom is -0.0990 e. The molecule has 1 aromatic carbocycles. The van der Waals surface area contributed by atoms with Gasteiger partial charge in [-0.3, -0.25) is 0 Å². The second-order valence-corrected chi connectivity index (χ2v) is 3.41. The van der Waals surface area contributed by atoms with Crippen molar-refractivity contribution in [2.75, 3.05) is 0 Å². The summed E-state index contributed by atoms with van der Waals surface area (Å²) in [4.78, 5) is 0. The molecule has 14 heavy (non-hydrogen) atoms. The van der Waals surface area contributed by atoms with Crippen molar-refractivity contribution < 1.29 is 0 Å². The minimum absolute atomic E-state index is 1.07. The number of rotatable bonds is 3. The summed E-state index contributed by atoms with van der Waals surface area (Å²) < 4.78 is 0. The van der Waals surface area contributed by atoms with Crippen LogP contribution in [-0.4, -0.2) is 0 Å². The van der Waals surface area contributed by atoms with E-state index in [1.807, 2.05) is 25.1 Å². The van der Waals surface area contributed by atoms with Crippen LogP contribution in [0, 0.1) is 6.92 Å². The first-order valence-corrected chi connectivity index (χ1v) is 4.71. The maximum atomic E-state index is 3.98. The van der Waals surface area contributed by atoms with E-state index in [1.54, 1.807) is 6.08 Å². The predicted octanol–water partition coefficient (Wildman–Crippen LogP) is 4.14. The molecule has 0 heterocycles. The average molecular weight is 184 g/mol. The number of benzene rings is 1. The molecule has 0 bridgehead atoms. The fourth-order valence-corrected chi connectivity index (χ4v) is 1.45. The van der Waals surface area contributed by atoms with Crippen LogP contribution < -0.4 is 0 Å². The molecule has 0 saturated carbocycles. The van der Waals surface area contributed by atoms with E-state index in [-0.39, 0.29) is 0 Å². The smallest absolute Gasteiger partial charge is 0.0152 e. The molecule has 0 aromatic heterocycles. The van der Waals surface area contributed by atoms with E-state index in [0.717, 1.165) is 11.1 Å². The van der Waals surface area contributed by atoms with Gasteiger partial charge >= 0.3 is 0 Å². The summed E-state index contributed by atoms with van der Waals surface area (Å²) >= 11 is 0. The van der Waals surface area contributed by atoms with Crippen molar-refractivity contribution in [3.05, 3.63) is 66.3 Å². The van der Waals surface area contributed by atoms with Crippen molar-refractivity contribution in [2.24, 2.45) is 0 Å². The molecule has 0 fully saturated rings. The van der Waals surface area contributed by atoms with Crippen LogP contribution in [0.1, 0.15) is 18.1 Å². The van der Waals surface area contributed by atoms with Crippen molar-refractivity contribution in [2.45, 2.75) is 13.8 Å². The summed E-state index contributed by atoms with van der Waals surface area (Å²) in [7, 11) is 0. The fraction of sp³-hybridized carbons (Fsp3) is 0.143. The predicted molar refractivity (Wildman–Crippen MR) is 64.2 cm³/mol. The van der Waals surface area contributed by atoms with Crippen LogP contribution in [0.25, 0.3) is 5.57 Å². The highest BCUT2D eigenvalue weighted by molar-refractivity contribution is 5.80. The molecule has 0 heteroatoms. The monoisotopic (exact) mass is 184 g/mol. The van der Waals surface area contributed by atoms with Crippen LogP contribution in [0.5, 0.6) is 0 Å². The van der Waals surface area contributed by atoms with Gasteiger partial charge < -0.3 is 0 Å². The Bertz CT molecular complexity index is 381. The fourth-order valence-electron chi connectivity index (χ4n) is 1.45. The zero-order valence-corrected chi connectivity index (χ0v) is 8.88. The molecule has 0 nitrogen and oxygen atoms in total. The largest absolute Gasteiger partial charge is 0.0990 e. The van der Waals surface area contributed by atoms with Crippen LogP contribution >= 0.6 is 0 Å². The molecule has 1 aromatic rings. The zero-order chi connectivity index (χ0) is 10.6. The Morgan fingerprint density at radius 2 is 1.93 bits per heavy atom. The molecule has 0 unspecified atom stereocenters. The first kappa shape index (κ1) is 10.5. The third-order valence-electron chi connectivity index (χ3n) is 2.18. The van der Waals surface area contributed by atoms with Crippen molar-refractivity contribution in [1.29, 1.82) is 0 Å². The first-order valence-electron chi connectivity index (χ1n) is 4.71. The average Bonchev–Trinajstić information content (AvgIpc) is 2.15. The second kappa shape index (κ2) is 4.61. The molecule has 0 aliphatic carbocycles. The van der Waals surface area contributed by atoms with Crippen LogP contribution in [0.15, 0.2) is 55.1 Å². The molecule has 0 atom stereocenters. The quantitative estimate of drug-likeness (QED) is 0.619. The maximum Gasteiger partial charge on any atom is -0.0152 e. The van der Waals surface area contributed by atoms with E-state index in [0.29, 0.717) is 0 Å². The van der Waals surface area contributed by atoms with Crippen LogP contribution in [0.3, 0.4) is 0 Å². The Balaban J connectivity index is 3.26. The number of hydrogen-bond acceptors (Lipinski definition) is 0. The van der Waals surface area contributed by atoms with Crippen LogP contribution in [0.2, 0.25) is 0 Å². The number of hydrogen-bond donors (Lipinski definition) is 0. The molecule has 0 spiro atoms. The van der Waals surface area contributed by atoms with E-state index >= 15 is 0 Å². The highest BCUT2D eigenvalue weighted by atomic mass is 14.1. The molecule has 1 rings (SSSR count). The molecule has 0 N–H and O–H groups in total. The Kier molecular flexibility index (Phi) is 3.47. The van der Waals surface area contributed by atoms with Gasteiger partial charge in [-0.25, -0.2) is 0 Å². The third-order valence-corrected chi connectivity index (χ3v) is 2.18. The topological polar surface area (TPSA) is 0 Å². The van der Waals surface area contributed by atoms with Gasteiger partial charge in [0.25, 0.3) is 0 Å². The molecular formula is C14H16. The van der Waals surface area contributed by atoms with Crippen molar-refractivity contribution in [3.8, 4) is 0 Å². The normalized spacial score (nSPS) is 11.1. The third kappa shape index (κ3) is 2.23. The van der Waals surface area contributed by atoms with Crippen molar-refractivity contribution >= 4 is 5.57 Å². The maximum absolute atomic E-state index is 3.98. The highest BCUT2D eigenvalue weighted by Gasteiger charge is 2.03. The van der Waals surface area contributed by atoms with E-state index < -0.39 is 0 Å². The number of aryl methyl sites for hydroxylation is 1. The highest BCUT2D eigenvalue weighted by Crippen LogP contribution is 2.24. The van der Waals surface area contributed by atoms with Gasteiger partial charge in [-0.05, 0) is 30.5 Å². The Morgan fingerprint density at radius 1 is 1.29 bits per heavy atom. The van der Waals surface area contributed by atoms with Gasteiger partial charge in [-0.1, -0.05) is 55.1 Å². The van der Waals surface area contributed by atoms with Gasteiger partial charge in [0, 0.05) is 0 Å². The summed E-state index contributed by atoms with van der Waals surface area (Å²) in [6.07, 6.45) is 3.81. The number of allylic oxidation sites excluding steroid dienone is 4. The lowest BCUT2D eigenvalue weighted by atomic mass is 9.96. The van der Waals surface area contributed by atoms with Crippen molar-refractivity contribution in [1.82, 2.24) is 0 Å². The van der Waals surface area contributed by atoms with Gasteiger partial charge in [0.15, 0.2) is 0 Å². The molecule has 0 saturated heterocycles. The molecule has 0 aliphatic heterocycles. The van der Waals surface area contributed by atoms with E-state index in [9.17, 15) is 0 Å². The molecule has 0 amide bonds. The molecule has 0 radical (unpaired) electrons. The van der Waals surface area contributed by atoms with E-state index in [2.05, 4.69) is 32.2 Å².